The molecule has 0 bridgehead atoms. The summed E-state index contributed by atoms with van der Waals surface area (Å²) in [5.74, 6) is 3.57. The summed E-state index contributed by atoms with van der Waals surface area (Å²) < 4.78 is 1.08. The lowest BCUT2D eigenvalue weighted by atomic mass is 9.45. The highest BCUT2D eigenvalue weighted by Crippen LogP contribution is 2.66. The first-order valence-electron chi connectivity index (χ1n) is 11.4. The fourth-order valence-corrected chi connectivity index (χ4v) is 8.31. The van der Waals surface area contributed by atoms with E-state index >= 15 is 0 Å². The van der Waals surface area contributed by atoms with Crippen LogP contribution in [0, 0.1) is 34.5 Å². The van der Waals surface area contributed by atoms with Crippen LogP contribution in [0.3, 0.4) is 0 Å². The Morgan fingerprint density at radius 2 is 1.89 bits per heavy atom. The third-order valence-electron chi connectivity index (χ3n) is 9.41. The zero-order valence-corrected chi connectivity index (χ0v) is 18.9. The van der Waals surface area contributed by atoms with E-state index in [2.05, 4.69) is 54.1 Å². The lowest BCUT2D eigenvalue weighted by Gasteiger charge is -2.59. The van der Waals surface area contributed by atoms with Crippen LogP contribution >= 0.6 is 15.9 Å². The minimum atomic E-state index is -0.114. The van der Waals surface area contributed by atoms with Crippen molar-refractivity contribution in [3.63, 3.8) is 0 Å². The Bertz CT molecular complexity index is 825. The predicted octanol–water partition coefficient (Wildman–Crippen LogP) is 7.44. The van der Waals surface area contributed by atoms with Crippen molar-refractivity contribution in [1.82, 2.24) is 0 Å². The zero-order chi connectivity index (χ0) is 19.5. The number of ketones is 1. The van der Waals surface area contributed by atoms with Gasteiger partial charge in [0.2, 0.25) is 0 Å². The molecule has 4 saturated carbocycles. The van der Waals surface area contributed by atoms with Crippen molar-refractivity contribution in [3.8, 4) is 0 Å². The summed E-state index contributed by atoms with van der Waals surface area (Å²) in [5.41, 5.74) is 2.67. The van der Waals surface area contributed by atoms with E-state index < -0.39 is 0 Å². The molecule has 0 heterocycles. The molecule has 0 spiro atoms. The minimum Gasteiger partial charge on any atom is -0.294 e. The molecule has 5 rings (SSSR count). The van der Waals surface area contributed by atoms with Gasteiger partial charge in [-0.2, -0.15) is 0 Å². The Hall–Kier alpha value is -0.890. The predicted molar refractivity (Wildman–Crippen MR) is 119 cm³/mol. The maximum Gasteiger partial charge on any atom is 0.165 e. The molecule has 0 aliphatic heterocycles. The molecule has 6 atom stereocenters. The van der Waals surface area contributed by atoms with Crippen molar-refractivity contribution in [2.45, 2.75) is 71.6 Å². The van der Waals surface area contributed by atoms with Gasteiger partial charge in [-0.3, -0.25) is 4.79 Å². The molecule has 28 heavy (non-hydrogen) atoms. The third-order valence-corrected chi connectivity index (χ3v) is 9.91. The van der Waals surface area contributed by atoms with E-state index in [-0.39, 0.29) is 5.41 Å². The van der Waals surface area contributed by atoms with E-state index in [9.17, 15) is 4.79 Å². The molecule has 0 N–H and O–H groups in total. The van der Waals surface area contributed by atoms with Crippen LogP contribution in [0.1, 0.15) is 77.2 Å². The van der Waals surface area contributed by atoms with E-state index in [1.165, 1.54) is 44.9 Å². The van der Waals surface area contributed by atoms with E-state index in [1.54, 1.807) is 0 Å². The van der Waals surface area contributed by atoms with Crippen LogP contribution in [0.5, 0.6) is 0 Å². The van der Waals surface area contributed by atoms with Gasteiger partial charge in [-0.05, 0) is 103 Å². The average molecular weight is 441 g/mol. The quantitative estimate of drug-likeness (QED) is 0.414. The van der Waals surface area contributed by atoms with Crippen molar-refractivity contribution in [2.24, 2.45) is 34.5 Å². The summed E-state index contributed by atoms with van der Waals surface area (Å²) in [6, 6.07) is 8.35. The maximum atomic E-state index is 13.5. The van der Waals surface area contributed by atoms with Gasteiger partial charge in [-0.15, -0.1) is 0 Å². The second-order valence-corrected chi connectivity index (χ2v) is 11.5. The molecule has 0 saturated heterocycles. The summed E-state index contributed by atoms with van der Waals surface area (Å²) in [7, 11) is 0. The Labute approximate surface area is 178 Å². The maximum absolute atomic E-state index is 13.5. The minimum absolute atomic E-state index is 0.114. The lowest BCUT2D eigenvalue weighted by Crippen LogP contribution is -2.52. The number of fused-ring (bicyclic) bond motifs is 5. The average Bonchev–Trinajstić information content (AvgIpc) is 2.92. The SMILES string of the molecule is CC12CCC3C(CCC4CCCCC43C)C1C/C(=C/c1cccc(Br)c1)C2=O. The Kier molecular flexibility index (Phi) is 4.66. The molecule has 0 aromatic heterocycles. The first-order valence-corrected chi connectivity index (χ1v) is 12.2. The normalized spacial score (nSPS) is 44.1. The molecule has 0 amide bonds. The first kappa shape index (κ1) is 19.1. The Morgan fingerprint density at radius 1 is 1.04 bits per heavy atom. The summed E-state index contributed by atoms with van der Waals surface area (Å²) >= 11 is 3.57. The molecule has 4 aliphatic rings. The van der Waals surface area contributed by atoms with E-state index in [0.717, 1.165) is 46.2 Å². The molecule has 1 aromatic carbocycles. The number of Topliss-reactive ketones (excluding diaryl/α,β-unsaturated/α-hetero) is 1. The highest BCUT2D eigenvalue weighted by molar-refractivity contribution is 9.10. The summed E-state index contributed by atoms with van der Waals surface area (Å²) in [5, 5.41) is 0. The van der Waals surface area contributed by atoms with Crippen LogP contribution in [0.15, 0.2) is 34.3 Å². The Balaban J connectivity index is 1.46. The zero-order valence-electron chi connectivity index (χ0n) is 17.3. The van der Waals surface area contributed by atoms with Gasteiger partial charge in [0.25, 0.3) is 0 Å². The van der Waals surface area contributed by atoms with Gasteiger partial charge in [-0.1, -0.05) is 54.8 Å². The molecular formula is C26H33BrO. The standard InChI is InChI=1S/C26H33BrO/c1-25-12-4-3-7-19(25)9-10-21-22(25)11-13-26(2)23(21)16-18(24(26)28)14-17-6-5-8-20(27)15-17/h5-6,8,14-15,19,21-23H,3-4,7,9-13,16H2,1-2H3/b18-14-. The van der Waals surface area contributed by atoms with Crippen LogP contribution in [-0.2, 0) is 4.79 Å². The lowest BCUT2D eigenvalue weighted by molar-refractivity contribution is -0.137. The van der Waals surface area contributed by atoms with Crippen LogP contribution in [0.4, 0.5) is 0 Å². The highest BCUT2D eigenvalue weighted by atomic mass is 79.9. The van der Waals surface area contributed by atoms with Crippen LogP contribution in [-0.4, -0.2) is 5.78 Å². The van der Waals surface area contributed by atoms with Crippen molar-refractivity contribution < 1.29 is 4.79 Å². The number of carbonyl (C=O) groups is 1. The van der Waals surface area contributed by atoms with E-state index in [0.29, 0.717) is 17.1 Å². The number of hydrogen-bond acceptors (Lipinski definition) is 1. The largest absolute Gasteiger partial charge is 0.294 e. The number of hydrogen-bond donors (Lipinski definition) is 0. The summed E-state index contributed by atoms with van der Waals surface area (Å²) in [6.45, 7) is 4.92. The monoisotopic (exact) mass is 440 g/mol. The molecule has 4 aliphatic carbocycles. The number of halogens is 1. The molecule has 6 unspecified atom stereocenters. The van der Waals surface area contributed by atoms with Gasteiger partial charge >= 0.3 is 0 Å². The van der Waals surface area contributed by atoms with Gasteiger partial charge in [-0.25, -0.2) is 0 Å². The van der Waals surface area contributed by atoms with Gasteiger partial charge in [0.1, 0.15) is 0 Å². The molecule has 150 valence electrons. The number of rotatable bonds is 1. The fraction of sp³-hybridized carbons (Fsp3) is 0.654. The first-order chi connectivity index (χ1) is 13.4. The Morgan fingerprint density at radius 3 is 2.71 bits per heavy atom. The van der Waals surface area contributed by atoms with Crippen molar-refractivity contribution in [3.05, 3.63) is 39.9 Å². The van der Waals surface area contributed by atoms with Crippen molar-refractivity contribution in [1.29, 1.82) is 0 Å². The molecule has 2 heteroatoms. The van der Waals surface area contributed by atoms with E-state index in [1.807, 2.05) is 6.07 Å². The van der Waals surface area contributed by atoms with Crippen LogP contribution in [0.25, 0.3) is 6.08 Å². The topological polar surface area (TPSA) is 17.1 Å². The molecule has 1 aromatic rings. The second-order valence-electron chi connectivity index (χ2n) is 10.6. The van der Waals surface area contributed by atoms with Gasteiger partial charge in [0.15, 0.2) is 5.78 Å². The van der Waals surface area contributed by atoms with Gasteiger partial charge < -0.3 is 0 Å². The van der Waals surface area contributed by atoms with Gasteiger partial charge in [0, 0.05) is 9.89 Å². The number of benzene rings is 1. The summed E-state index contributed by atoms with van der Waals surface area (Å²) in [6.07, 6.45) is 14.1. The van der Waals surface area contributed by atoms with Crippen molar-refractivity contribution in [2.75, 3.05) is 0 Å². The highest BCUT2D eigenvalue weighted by Gasteiger charge is 2.60. The molecule has 0 radical (unpaired) electrons. The third kappa shape index (κ3) is 2.81. The van der Waals surface area contributed by atoms with Crippen LogP contribution < -0.4 is 0 Å². The van der Waals surface area contributed by atoms with Crippen LogP contribution in [0.2, 0.25) is 0 Å². The second kappa shape index (κ2) is 6.83. The number of carbonyl (C=O) groups excluding carboxylic acids is 1. The fourth-order valence-electron chi connectivity index (χ4n) is 7.89. The molecule has 4 fully saturated rings. The number of allylic oxidation sites excluding steroid dienone is 1. The van der Waals surface area contributed by atoms with E-state index in [4.69, 9.17) is 0 Å². The van der Waals surface area contributed by atoms with Crippen molar-refractivity contribution >= 4 is 27.8 Å². The molecular weight excluding hydrogens is 408 g/mol. The smallest absolute Gasteiger partial charge is 0.165 e. The summed E-state index contributed by atoms with van der Waals surface area (Å²) in [4.78, 5) is 13.5. The van der Waals surface area contributed by atoms with Gasteiger partial charge in [0.05, 0.1) is 0 Å². The molecule has 1 nitrogen and oxygen atoms in total.